The van der Waals surface area contributed by atoms with E-state index in [9.17, 15) is 4.79 Å². The van der Waals surface area contributed by atoms with Crippen LogP contribution in [0.4, 0.5) is 0 Å². The molecule has 0 bridgehead atoms. The SMILES string of the molecule is C[CH]CCCCC.O=C1CCCC1. The first-order valence-electron chi connectivity index (χ1n) is 5.60. The molecule has 0 heterocycles. The molecule has 0 aliphatic heterocycles. The molecular formula is C12H23O. The van der Waals surface area contributed by atoms with E-state index in [-0.39, 0.29) is 0 Å². The van der Waals surface area contributed by atoms with Crippen molar-refractivity contribution in [2.45, 2.75) is 65.2 Å². The minimum absolute atomic E-state index is 0.454. The predicted molar refractivity (Wildman–Crippen MR) is 57.6 cm³/mol. The second-order valence-corrected chi connectivity index (χ2v) is 3.65. The molecule has 0 aromatic carbocycles. The fourth-order valence-corrected chi connectivity index (χ4v) is 1.37. The van der Waals surface area contributed by atoms with Crippen LogP contribution in [0.5, 0.6) is 0 Å². The summed E-state index contributed by atoms with van der Waals surface area (Å²) in [5.74, 6) is 0.454. The molecule has 0 atom stereocenters. The number of carbonyl (C=O) groups excluding carboxylic acids is 1. The van der Waals surface area contributed by atoms with Gasteiger partial charge in [0.25, 0.3) is 0 Å². The Morgan fingerprint density at radius 1 is 1.23 bits per heavy atom. The van der Waals surface area contributed by atoms with Crippen molar-refractivity contribution in [1.82, 2.24) is 0 Å². The lowest BCUT2D eigenvalue weighted by Gasteiger charge is -1.90. The van der Waals surface area contributed by atoms with Crippen LogP contribution in [-0.2, 0) is 4.79 Å². The molecule has 1 saturated carbocycles. The van der Waals surface area contributed by atoms with Crippen LogP contribution in [0.25, 0.3) is 0 Å². The smallest absolute Gasteiger partial charge is 0.132 e. The molecule has 0 aromatic heterocycles. The Hall–Kier alpha value is -0.330. The van der Waals surface area contributed by atoms with Gasteiger partial charge in [0.05, 0.1) is 0 Å². The van der Waals surface area contributed by atoms with Gasteiger partial charge in [0.15, 0.2) is 0 Å². The van der Waals surface area contributed by atoms with E-state index in [4.69, 9.17) is 0 Å². The quantitative estimate of drug-likeness (QED) is 0.604. The fraction of sp³-hybridized carbons (Fsp3) is 0.833. The van der Waals surface area contributed by atoms with Gasteiger partial charge in [0.1, 0.15) is 5.78 Å². The van der Waals surface area contributed by atoms with E-state index in [1.807, 2.05) is 0 Å². The summed E-state index contributed by atoms with van der Waals surface area (Å²) in [4.78, 5) is 10.2. The molecule has 0 saturated heterocycles. The highest BCUT2D eigenvalue weighted by molar-refractivity contribution is 5.79. The first kappa shape index (κ1) is 12.7. The number of carbonyl (C=O) groups is 1. The van der Waals surface area contributed by atoms with Gasteiger partial charge in [0.2, 0.25) is 0 Å². The van der Waals surface area contributed by atoms with Crippen molar-refractivity contribution in [3.8, 4) is 0 Å². The Balaban J connectivity index is 0.000000223. The summed E-state index contributed by atoms with van der Waals surface area (Å²) in [6.07, 6.45) is 11.6. The number of unbranched alkanes of at least 4 members (excludes halogenated alkanes) is 4. The summed E-state index contributed by atoms with van der Waals surface area (Å²) in [6.45, 7) is 4.35. The topological polar surface area (TPSA) is 17.1 Å². The summed E-state index contributed by atoms with van der Waals surface area (Å²) < 4.78 is 0. The van der Waals surface area contributed by atoms with E-state index in [2.05, 4.69) is 20.3 Å². The fourth-order valence-electron chi connectivity index (χ4n) is 1.37. The first-order valence-corrected chi connectivity index (χ1v) is 5.60. The highest BCUT2D eigenvalue weighted by atomic mass is 16.1. The molecule has 1 nitrogen and oxygen atoms in total. The lowest BCUT2D eigenvalue weighted by molar-refractivity contribution is -0.117. The van der Waals surface area contributed by atoms with E-state index < -0.39 is 0 Å². The Bertz CT molecular complexity index is 106. The number of rotatable bonds is 4. The zero-order chi connectivity index (χ0) is 9.94. The largest absolute Gasteiger partial charge is 0.300 e. The van der Waals surface area contributed by atoms with Crippen LogP contribution in [-0.4, -0.2) is 5.78 Å². The summed E-state index contributed by atoms with van der Waals surface area (Å²) in [5.41, 5.74) is 0. The van der Waals surface area contributed by atoms with Crippen LogP contribution < -0.4 is 0 Å². The highest BCUT2D eigenvalue weighted by Crippen LogP contribution is 2.11. The Morgan fingerprint density at radius 2 is 1.85 bits per heavy atom. The molecule has 1 aliphatic carbocycles. The van der Waals surface area contributed by atoms with Crippen LogP contribution in [0.15, 0.2) is 0 Å². The van der Waals surface area contributed by atoms with Crippen molar-refractivity contribution in [2.24, 2.45) is 0 Å². The average Bonchev–Trinajstić information content (AvgIpc) is 2.58. The van der Waals surface area contributed by atoms with Gasteiger partial charge in [-0.05, 0) is 19.3 Å². The van der Waals surface area contributed by atoms with Gasteiger partial charge in [-0.2, -0.15) is 0 Å². The van der Waals surface area contributed by atoms with Gasteiger partial charge in [-0.25, -0.2) is 0 Å². The monoisotopic (exact) mass is 183 g/mol. The molecular weight excluding hydrogens is 160 g/mol. The maximum absolute atomic E-state index is 10.2. The average molecular weight is 183 g/mol. The van der Waals surface area contributed by atoms with Crippen LogP contribution in [0.3, 0.4) is 0 Å². The Kier molecular flexibility index (Phi) is 9.51. The van der Waals surface area contributed by atoms with E-state index in [1.165, 1.54) is 25.7 Å². The number of hydrogen-bond donors (Lipinski definition) is 0. The van der Waals surface area contributed by atoms with Crippen LogP contribution in [0.1, 0.15) is 65.2 Å². The third-order valence-electron chi connectivity index (χ3n) is 2.26. The minimum atomic E-state index is 0.454. The number of Topliss-reactive ketones (excluding diaryl/α,β-unsaturated/α-hetero) is 1. The van der Waals surface area contributed by atoms with Gasteiger partial charge < -0.3 is 0 Å². The molecule has 0 N–H and O–H groups in total. The molecule has 0 spiro atoms. The van der Waals surface area contributed by atoms with Crippen molar-refractivity contribution < 1.29 is 4.79 Å². The van der Waals surface area contributed by atoms with Crippen molar-refractivity contribution in [3.05, 3.63) is 6.42 Å². The molecule has 0 unspecified atom stereocenters. The second-order valence-electron chi connectivity index (χ2n) is 3.65. The lowest BCUT2D eigenvalue weighted by Crippen LogP contribution is -1.81. The maximum atomic E-state index is 10.2. The van der Waals surface area contributed by atoms with Gasteiger partial charge in [-0.3, -0.25) is 4.79 Å². The molecule has 13 heavy (non-hydrogen) atoms. The summed E-state index contributed by atoms with van der Waals surface area (Å²) >= 11 is 0. The molecule has 1 fully saturated rings. The van der Waals surface area contributed by atoms with E-state index in [0.717, 1.165) is 25.7 Å². The minimum Gasteiger partial charge on any atom is -0.300 e. The van der Waals surface area contributed by atoms with Crippen molar-refractivity contribution >= 4 is 5.78 Å². The second kappa shape index (κ2) is 9.76. The van der Waals surface area contributed by atoms with Gasteiger partial charge in [0, 0.05) is 12.8 Å². The molecule has 1 radical (unpaired) electrons. The predicted octanol–water partition coefficient (Wildman–Crippen LogP) is 3.92. The van der Waals surface area contributed by atoms with E-state index >= 15 is 0 Å². The van der Waals surface area contributed by atoms with E-state index in [1.54, 1.807) is 0 Å². The van der Waals surface area contributed by atoms with Crippen LogP contribution in [0.2, 0.25) is 0 Å². The van der Waals surface area contributed by atoms with Gasteiger partial charge in [-0.1, -0.05) is 39.5 Å². The molecule has 0 aromatic rings. The number of ketones is 1. The molecule has 1 heteroatoms. The standard InChI is InChI=1S/C7H15.C5H8O/c1-3-5-7-6-4-2;6-5-3-1-2-4-5/h3H,4-7H2,1-2H3;1-4H2. The molecule has 1 rings (SSSR count). The summed E-state index contributed by atoms with van der Waals surface area (Å²) in [7, 11) is 0. The lowest BCUT2D eigenvalue weighted by atomic mass is 10.2. The summed E-state index contributed by atoms with van der Waals surface area (Å²) in [6, 6.07) is 0. The third-order valence-corrected chi connectivity index (χ3v) is 2.26. The van der Waals surface area contributed by atoms with Crippen molar-refractivity contribution in [1.29, 1.82) is 0 Å². The van der Waals surface area contributed by atoms with Crippen LogP contribution in [0, 0.1) is 6.42 Å². The molecule has 1 aliphatic rings. The Labute approximate surface area is 82.9 Å². The van der Waals surface area contributed by atoms with Crippen molar-refractivity contribution in [3.63, 3.8) is 0 Å². The van der Waals surface area contributed by atoms with Gasteiger partial charge in [-0.15, -0.1) is 0 Å². The van der Waals surface area contributed by atoms with Gasteiger partial charge >= 0.3 is 0 Å². The Morgan fingerprint density at radius 3 is 2.15 bits per heavy atom. The van der Waals surface area contributed by atoms with E-state index in [0.29, 0.717) is 5.78 Å². The zero-order valence-corrected chi connectivity index (χ0v) is 9.14. The molecule has 77 valence electrons. The normalized spacial score (nSPS) is 15.4. The number of hydrogen-bond acceptors (Lipinski definition) is 1. The zero-order valence-electron chi connectivity index (χ0n) is 9.14. The summed E-state index contributed by atoms with van der Waals surface area (Å²) in [5, 5.41) is 0. The first-order chi connectivity index (χ1) is 6.31. The third kappa shape index (κ3) is 9.59. The van der Waals surface area contributed by atoms with Crippen molar-refractivity contribution in [2.75, 3.05) is 0 Å². The maximum Gasteiger partial charge on any atom is 0.132 e. The molecule has 0 amide bonds. The van der Waals surface area contributed by atoms with Crippen LogP contribution >= 0.6 is 0 Å². The highest BCUT2D eigenvalue weighted by Gasteiger charge is 2.07.